The molecule has 2 aromatic carbocycles. The third-order valence-electron chi connectivity index (χ3n) is 5.80. The fourth-order valence-electron chi connectivity index (χ4n) is 4.10. The van der Waals surface area contributed by atoms with Gasteiger partial charge in [0.05, 0.1) is 16.7 Å². The standard InChI is InChI=1S/C23H23N3O5/c1-15(26-22(30)16-7-2-3-8-17(16)23(26)31)20(28)24-11-6-12-25(14-13-24)21(29)18-9-4-5-10-19(18)27/h2-5,7-10,15,27H,6,11-14H2,1H3. The smallest absolute Gasteiger partial charge is 0.262 e. The molecule has 31 heavy (non-hydrogen) atoms. The Bertz CT molecular complexity index is 1030. The van der Waals surface area contributed by atoms with E-state index in [0.717, 1.165) is 4.90 Å². The average Bonchev–Trinajstić information content (AvgIpc) is 2.93. The number of aromatic hydroxyl groups is 1. The molecule has 0 aliphatic carbocycles. The van der Waals surface area contributed by atoms with Crippen LogP contribution in [0.1, 0.15) is 44.4 Å². The van der Waals surface area contributed by atoms with E-state index in [1.54, 1.807) is 59.2 Å². The van der Waals surface area contributed by atoms with E-state index >= 15 is 0 Å². The number of rotatable bonds is 3. The predicted octanol–water partition coefficient (Wildman–Crippen LogP) is 1.75. The van der Waals surface area contributed by atoms with E-state index in [0.29, 0.717) is 37.2 Å². The average molecular weight is 421 g/mol. The third kappa shape index (κ3) is 3.65. The third-order valence-corrected chi connectivity index (χ3v) is 5.80. The number of para-hydroxylation sites is 1. The van der Waals surface area contributed by atoms with Crippen molar-refractivity contribution in [3.8, 4) is 5.75 Å². The van der Waals surface area contributed by atoms with Gasteiger partial charge in [0.2, 0.25) is 5.91 Å². The number of hydrogen-bond donors (Lipinski definition) is 1. The maximum Gasteiger partial charge on any atom is 0.262 e. The summed E-state index contributed by atoms with van der Waals surface area (Å²) in [7, 11) is 0. The quantitative estimate of drug-likeness (QED) is 0.762. The number of imide groups is 1. The number of phenols is 1. The van der Waals surface area contributed by atoms with Crippen molar-refractivity contribution in [1.29, 1.82) is 0 Å². The number of nitrogens with zero attached hydrogens (tertiary/aromatic N) is 3. The monoisotopic (exact) mass is 421 g/mol. The molecular weight excluding hydrogens is 398 g/mol. The molecule has 1 fully saturated rings. The van der Waals surface area contributed by atoms with Crippen molar-refractivity contribution in [2.75, 3.05) is 26.2 Å². The Hall–Kier alpha value is -3.68. The highest BCUT2D eigenvalue weighted by molar-refractivity contribution is 6.22. The van der Waals surface area contributed by atoms with Crippen molar-refractivity contribution in [3.05, 3.63) is 65.2 Å². The minimum absolute atomic E-state index is 0.0797. The first kappa shape index (κ1) is 20.6. The minimum atomic E-state index is -0.937. The van der Waals surface area contributed by atoms with Crippen LogP contribution in [0, 0.1) is 0 Å². The van der Waals surface area contributed by atoms with Crippen LogP contribution in [0.15, 0.2) is 48.5 Å². The number of benzene rings is 2. The van der Waals surface area contributed by atoms with Crippen molar-refractivity contribution >= 4 is 23.6 Å². The Morgan fingerprint density at radius 3 is 2.03 bits per heavy atom. The molecule has 1 N–H and O–H groups in total. The number of carbonyl (C=O) groups excluding carboxylic acids is 4. The number of fused-ring (bicyclic) bond motifs is 1. The summed E-state index contributed by atoms with van der Waals surface area (Å²) in [5, 5.41) is 9.96. The SMILES string of the molecule is CC(C(=O)N1CCCN(C(=O)c2ccccc2O)CC1)N1C(=O)c2ccccc2C1=O. The molecular formula is C23H23N3O5. The summed E-state index contributed by atoms with van der Waals surface area (Å²) in [5.74, 6) is -1.63. The Kier molecular flexibility index (Phi) is 5.46. The normalized spacial score (nSPS) is 17.4. The Labute approximate surface area is 179 Å². The van der Waals surface area contributed by atoms with E-state index < -0.39 is 17.9 Å². The van der Waals surface area contributed by atoms with Gasteiger partial charge in [0.25, 0.3) is 17.7 Å². The lowest BCUT2D eigenvalue weighted by molar-refractivity contribution is -0.134. The molecule has 1 saturated heterocycles. The molecule has 8 heteroatoms. The molecule has 0 spiro atoms. The van der Waals surface area contributed by atoms with Gasteiger partial charge in [0.15, 0.2) is 0 Å². The molecule has 8 nitrogen and oxygen atoms in total. The van der Waals surface area contributed by atoms with Crippen molar-refractivity contribution in [2.24, 2.45) is 0 Å². The van der Waals surface area contributed by atoms with Crippen LogP contribution in [0.4, 0.5) is 0 Å². The summed E-state index contributed by atoms with van der Waals surface area (Å²) in [6.07, 6.45) is 0.555. The van der Waals surface area contributed by atoms with Crippen LogP contribution in [0.5, 0.6) is 5.75 Å². The molecule has 1 unspecified atom stereocenters. The second kappa shape index (κ2) is 8.22. The molecule has 160 valence electrons. The van der Waals surface area contributed by atoms with Crippen LogP contribution in [0.2, 0.25) is 0 Å². The van der Waals surface area contributed by atoms with Gasteiger partial charge in [-0.1, -0.05) is 24.3 Å². The summed E-state index contributed by atoms with van der Waals surface area (Å²) in [6.45, 7) is 2.99. The molecule has 0 radical (unpaired) electrons. The molecule has 4 amide bonds. The maximum atomic E-state index is 13.1. The Morgan fingerprint density at radius 2 is 1.39 bits per heavy atom. The first-order valence-electron chi connectivity index (χ1n) is 10.2. The van der Waals surface area contributed by atoms with Crippen molar-refractivity contribution in [2.45, 2.75) is 19.4 Å². The minimum Gasteiger partial charge on any atom is -0.507 e. The van der Waals surface area contributed by atoms with Crippen LogP contribution < -0.4 is 0 Å². The highest BCUT2D eigenvalue weighted by atomic mass is 16.3. The molecule has 0 bridgehead atoms. The van der Waals surface area contributed by atoms with Crippen molar-refractivity contribution < 1.29 is 24.3 Å². The van der Waals surface area contributed by atoms with E-state index in [9.17, 15) is 24.3 Å². The summed E-state index contributed by atoms with van der Waals surface area (Å²) >= 11 is 0. The molecule has 2 aromatic rings. The van der Waals surface area contributed by atoms with Gasteiger partial charge in [0, 0.05) is 26.2 Å². The fourth-order valence-corrected chi connectivity index (χ4v) is 4.10. The summed E-state index contributed by atoms with van der Waals surface area (Å²) in [5.41, 5.74) is 0.839. The number of hydrogen-bond acceptors (Lipinski definition) is 5. The number of amides is 4. The highest BCUT2D eigenvalue weighted by Crippen LogP contribution is 2.25. The molecule has 2 heterocycles. The largest absolute Gasteiger partial charge is 0.507 e. The zero-order valence-corrected chi connectivity index (χ0v) is 17.2. The van der Waals surface area contributed by atoms with Gasteiger partial charge in [0.1, 0.15) is 11.8 Å². The Morgan fingerprint density at radius 1 is 0.839 bits per heavy atom. The first-order chi connectivity index (χ1) is 14.9. The number of phenolic OH excluding ortho intramolecular Hbond substituents is 1. The van der Waals surface area contributed by atoms with Gasteiger partial charge in [-0.05, 0) is 37.6 Å². The summed E-state index contributed by atoms with van der Waals surface area (Å²) < 4.78 is 0. The molecule has 4 rings (SSSR count). The van der Waals surface area contributed by atoms with Gasteiger partial charge in [-0.2, -0.15) is 0 Å². The van der Waals surface area contributed by atoms with E-state index in [2.05, 4.69) is 0 Å². The van der Waals surface area contributed by atoms with Crippen molar-refractivity contribution in [3.63, 3.8) is 0 Å². The van der Waals surface area contributed by atoms with E-state index in [4.69, 9.17) is 0 Å². The fraction of sp³-hybridized carbons (Fsp3) is 0.304. The highest BCUT2D eigenvalue weighted by Gasteiger charge is 2.42. The Balaban J connectivity index is 1.44. The van der Waals surface area contributed by atoms with Gasteiger partial charge in [-0.25, -0.2) is 0 Å². The van der Waals surface area contributed by atoms with Crippen LogP contribution in [0.3, 0.4) is 0 Å². The lowest BCUT2D eigenvalue weighted by Gasteiger charge is -2.28. The topological polar surface area (TPSA) is 98.2 Å². The second-order valence-corrected chi connectivity index (χ2v) is 7.69. The number of carbonyl (C=O) groups is 4. The summed E-state index contributed by atoms with van der Waals surface area (Å²) in [6, 6.07) is 12.0. The van der Waals surface area contributed by atoms with Crippen LogP contribution in [-0.2, 0) is 4.79 Å². The second-order valence-electron chi connectivity index (χ2n) is 7.69. The van der Waals surface area contributed by atoms with Crippen molar-refractivity contribution in [1.82, 2.24) is 14.7 Å². The van der Waals surface area contributed by atoms with E-state index in [-0.39, 0.29) is 29.7 Å². The van der Waals surface area contributed by atoms with Gasteiger partial charge >= 0.3 is 0 Å². The molecule has 0 aromatic heterocycles. The molecule has 1 atom stereocenters. The summed E-state index contributed by atoms with van der Waals surface area (Å²) in [4.78, 5) is 55.5. The van der Waals surface area contributed by atoms with Gasteiger partial charge in [-0.15, -0.1) is 0 Å². The van der Waals surface area contributed by atoms with Gasteiger partial charge in [-0.3, -0.25) is 24.1 Å². The van der Waals surface area contributed by atoms with Crippen LogP contribution in [-0.4, -0.2) is 75.7 Å². The molecule has 0 saturated carbocycles. The lowest BCUT2D eigenvalue weighted by atomic mass is 10.1. The van der Waals surface area contributed by atoms with Crippen LogP contribution >= 0.6 is 0 Å². The molecule has 2 aliphatic heterocycles. The maximum absolute atomic E-state index is 13.1. The van der Waals surface area contributed by atoms with Crippen LogP contribution in [0.25, 0.3) is 0 Å². The van der Waals surface area contributed by atoms with Gasteiger partial charge < -0.3 is 14.9 Å². The zero-order chi connectivity index (χ0) is 22.1. The van der Waals surface area contributed by atoms with E-state index in [1.165, 1.54) is 6.07 Å². The lowest BCUT2D eigenvalue weighted by Crippen LogP contribution is -2.50. The predicted molar refractivity (Wildman–Crippen MR) is 112 cm³/mol. The zero-order valence-electron chi connectivity index (χ0n) is 17.2. The van der Waals surface area contributed by atoms with E-state index in [1.807, 2.05) is 0 Å². The first-order valence-corrected chi connectivity index (χ1v) is 10.2. The molecule has 2 aliphatic rings.